The van der Waals surface area contributed by atoms with Crippen LogP contribution in [0.4, 0.5) is 0 Å². The van der Waals surface area contributed by atoms with Gasteiger partial charge in [-0.25, -0.2) is 0 Å². The van der Waals surface area contributed by atoms with E-state index < -0.39 is 35.8 Å². The first-order chi connectivity index (χ1) is 15.7. The Morgan fingerprint density at radius 2 is 1.41 bits per heavy atom. The Kier molecular flexibility index (Phi) is 29.1. The average molecular weight is 701 g/mol. The van der Waals surface area contributed by atoms with Crippen LogP contribution < -0.4 is 10.6 Å². The van der Waals surface area contributed by atoms with Gasteiger partial charge in [0.25, 0.3) is 11.8 Å². The third-order valence-corrected chi connectivity index (χ3v) is 6.56. The summed E-state index contributed by atoms with van der Waals surface area (Å²) in [6.45, 7) is -0.325. The second-order valence-electron chi connectivity index (χ2n) is 6.54. The van der Waals surface area contributed by atoms with Gasteiger partial charge < -0.3 is 28.3 Å². The Bertz CT molecular complexity index is 865. The summed E-state index contributed by atoms with van der Waals surface area (Å²) in [6.07, 6.45) is 2.19. The Morgan fingerprint density at radius 1 is 0.919 bits per heavy atom. The van der Waals surface area contributed by atoms with Crippen molar-refractivity contribution in [2.45, 2.75) is 29.8 Å². The predicted molar refractivity (Wildman–Crippen MR) is 131 cm³/mol. The maximum atomic E-state index is 11.5. The van der Waals surface area contributed by atoms with Crippen molar-refractivity contribution in [1.82, 2.24) is 15.5 Å². The summed E-state index contributed by atoms with van der Waals surface area (Å²) in [7, 11) is 9.69. The van der Waals surface area contributed by atoms with Crippen molar-refractivity contribution < 1.29 is 104 Å². The molecule has 4 N–H and O–H groups in total. The van der Waals surface area contributed by atoms with Crippen LogP contribution in [0.25, 0.3) is 0 Å². The summed E-state index contributed by atoms with van der Waals surface area (Å²) in [5.41, 5.74) is 0. The predicted octanol–water partition coefficient (Wildman–Crippen LogP) is 1.80. The molecule has 1 aliphatic rings. The number of aliphatic carboxylic acids is 2. The minimum absolute atomic E-state index is 0. The van der Waals surface area contributed by atoms with E-state index in [0.29, 0.717) is 5.75 Å². The van der Waals surface area contributed by atoms with E-state index in [-0.39, 0.29) is 102 Å². The zero-order chi connectivity index (χ0) is 24.8. The van der Waals surface area contributed by atoms with Crippen LogP contribution in [-0.2, 0) is 93.8 Å². The molecule has 15 heteroatoms. The zero-order valence-corrected chi connectivity index (χ0v) is 27.4. The number of benzene rings is 1. The molecule has 0 saturated carbocycles. The van der Waals surface area contributed by atoms with Gasteiger partial charge in [0.1, 0.15) is 0 Å². The molecular weight excluding hydrogens is 673 g/mol. The molecule has 0 aliphatic carbocycles. The molecule has 1 aromatic rings. The molecule has 0 saturated heterocycles. The third kappa shape index (κ3) is 17.7. The standard InChI is InChI=1S/C11H13N2O5.C10H12NO2S2.CH3.2V.Y/c1-12-8(11(17)18)3-2-7(14)6-13-9(15)4-5-10(13)16;1-11-9(10(12)13)7-14-15-8-5-3-2-4-6-8;;;;/h4-5,8,12H,1-3,6H2,(H,17,18);2-6,9,11H,1,7H2,(H,12,13);1H3;;;/q3*-1;;;. The Hall–Kier alpha value is -0.397. The monoisotopic (exact) mass is 701 g/mol. The number of nitrogens with one attached hydrogen (secondary N) is 2. The number of amides is 2. The fourth-order valence-electron chi connectivity index (χ4n) is 2.32. The molecule has 0 bridgehead atoms. The number of Topliss-reactive ketones (excluding diaryl/α,β-unsaturated/α-hetero) is 1. The maximum Gasteiger partial charge on any atom is 0.319 e. The van der Waals surface area contributed by atoms with Gasteiger partial charge in [-0.15, -0.1) is 0 Å². The van der Waals surface area contributed by atoms with E-state index in [1.54, 1.807) is 10.8 Å². The Balaban J connectivity index is -0.000000269. The van der Waals surface area contributed by atoms with E-state index >= 15 is 0 Å². The van der Waals surface area contributed by atoms with Crippen LogP contribution in [0.15, 0.2) is 47.4 Å². The summed E-state index contributed by atoms with van der Waals surface area (Å²) in [4.78, 5) is 57.1. The van der Waals surface area contributed by atoms with Gasteiger partial charge in [0.15, 0.2) is 5.78 Å². The van der Waals surface area contributed by atoms with Gasteiger partial charge in [0, 0.05) is 99.0 Å². The first-order valence-corrected chi connectivity index (χ1v) is 11.9. The van der Waals surface area contributed by atoms with Crippen molar-refractivity contribution in [2.24, 2.45) is 0 Å². The minimum Gasteiger partial charge on any atom is -0.480 e. The molecule has 2 rings (SSSR count). The third-order valence-electron chi connectivity index (χ3n) is 4.17. The van der Waals surface area contributed by atoms with Crippen LogP contribution in [-0.4, -0.2) is 69.0 Å². The van der Waals surface area contributed by atoms with E-state index in [9.17, 15) is 24.0 Å². The van der Waals surface area contributed by atoms with Gasteiger partial charge in [-0.2, -0.15) is 0 Å². The Labute approximate surface area is 274 Å². The number of hydrogen-bond donors (Lipinski definition) is 4. The maximum absolute atomic E-state index is 11.5. The first-order valence-electron chi connectivity index (χ1n) is 9.60. The fraction of sp³-hybridized carbons (Fsp3) is 0.273. The van der Waals surface area contributed by atoms with E-state index in [1.165, 1.54) is 10.8 Å². The SMILES string of the molecule is [CH2-]NC(CCC(=O)CN1C(=O)C=CC1=O)C(=O)O.[CH2-]NC(CSSc1ccccc1)C(=O)O.[CH3-].[V].[V].[Y]. The van der Waals surface area contributed by atoms with Crippen LogP contribution in [0, 0.1) is 21.5 Å². The molecule has 2 atom stereocenters. The molecule has 0 spiro atoms. The number of hydrogen-bond acceptors (Lipinski definition) is 9. The number of carbonyl (C=O) groups is 5. The molecule has 2 unspecified atom stereocenters. The smallest absolute Gasteiger partial charge is 0.319 e. The van der Waals surface area contributed by atoms with Crippen LogP contribution in [0.5, 0.6) is 0 Å². The quantitative estimate of drug-likeness (QED) is 0.135. The molecule has 37 heavy (non-hydrogen) atoms. The largest absolute Gasteiger partial charge is 0.480 e. The molecular formula is C22H28N3O7S2V2Y-3. The van der Waals surface area contributed by atoms with Gasteiger partial charge in [0.05, 0.1) is 18.6 Å². The second-order valence-corrected chi connectivity index (χ2v) is 8.96. The summed E-state index contributed by atoms with van der Waals surface area (Å²) in [5.74, 6) is -2.92. The van der Waals surface area contributed by atoms with Crippen molar-refractivity contribution in [1.29, 1.82) is 0 Å². The summed E-state index contributed by atoms with van der Waals surface area (Å²) in [5, 5.41) is 22.3. The van der Waals surface area contributed by atoms with Crippen LogP contribution in [0.2, 0.25) is 0 Å². The summed E-state index contributed by atoms with van der Waals surface area (Å²) >= 11 is 0. The number of rotatable bonds is 13. The number of carbonyl (C=O) groups excluding carboxylic acids is 3. The van der Waals surface area contributed by atoms with Crippen molar-refractivity contribution in [2.75, 3.05) is 12.3 Å². The number of carboxylic acid groups (broad SMARTS) is 2. The molecule has 0 aromatic heterocycles. The van der Waals surface area contributed by atoms with Gasteiger partial charge in [-0.05, 0) is 18.6 Å². The zero-order valence-electron chi connectivity index (χ0n) is 20.1. The molecule has 201 valence electrons. The molecule has 1 aromatic carbocycles. The van der Waals surface area contributed by atoms with E-state index in [0.717, 1.165) is 21.9 Å². The van der Waals surface area contributed by atoms with Gasteiger partial charge in [-0.1, -0.05) is 39.8 Å². The molecule has 1 heterocycles. The molecule has 1 aliphatic heterocycles. The van der Waals surface area contributed by atoms with Crippen molar-refractivity contribution in [3.8, 4) is 0 Å². The summed E-state index contributed by atoms with van der Waals surface area (Å²) in [6, 6.07) is 8.33. The first kappa shape index (κ1) is 43.6. The molecule has 3 radical (unpaired) electrons. The van der Waals surface area contributed by atoms with Crippen LogP contribution in [0.3, 0.4) is 0 Å². The van der Waals surface area contributed by atoms with Gasteiger partial charge in [-0.3, -0.25) is 43.0 Å². The minimum atomic E-state index is -1.10. The molecule has 2 amide bonds. The molecule has 10 nitrogen and oxygen atoms in total. The second kappa shape index (κ2) is 24.6. The molecule has 0 fully saturated rings. The average Bonchev–Trinajstić information content (AvgIpc) is 3.10. The Morgan fingerprint density at radius 3 is 1.84 bits per heavy atom. The normalized spacial score (nSPS) is 12.9. The van der Waals surface area contributed by atoms with E-state index in [2.05, 4.69) is 24.7 Å². The number of carboxylic acids is 2. The number of ketones is 1. The van der Waals surface area contributed by atoms with Crippen molar-refractivity contribution in [3.63, 3.8) is 0 Å². The van der Waals surface area contributed by atoms with Crippen LogP contribution >= 0.6 is 21.6 Å². The number of nitrogens with zero attached hydrogens (tertiary/aromatic N) is 1. The van der Waals surface area contributed by atoms with Crippen molar-refractivity contribution in [3.05, 3.63) is 64.0 Å². The number of imide groups is 1. The van der Waals surface area contributed by atoms with Crippen LogP contribution in [0.1, 0.15) is 12.8 Å². The van der Waals surface area contributed by atoms with E-state index in [1.807, 2.05) is 30.3 Å². The topological polar surface area (TPSA) is 153 Å². The van der Waals surface area contributed by atoms with Gasteiger partial charge >= 0.3 is 11.9 Å². The van der Waals surface area contributed by atoms with E-state index in [4.69, 9.17) is 10.2 Å². The summed E-state index contributed by atoms with van der Waals surface area (Å²) < 4.78 is 0. The van der Waals surface area contributed by atoms with Gasteiger partial charge in [0.2, 0.25) is 0 Å². The van der Waals surface area contributed by atoms with Crippen molar-refractivity contribution >= 4 is 51.1 Å². The fourth-order valence-corrected chi connectivity index (χ4v) is 4.55.